The SMILES string of the molecule is CC(C)OCC1OCCC(O)C1O. The van der Waals surface area contributed by atoms with Gasteiger partial charge in [-0.1, -0.05) is 0 Å². The van der Waals surface area contributed by atoms with Crippen LogP contribution in [0.4, 0.5) is 0 Å². The summed E-state index contributed by atoms with van der Waals surface area (Å²) in [5.74, 6) is 0. The highest BCUT2D eigenvalue weighted by molar-refractivity contribution is 4.80. The van der Waals surface area contributed by atoms with Crippen molar-refractivity contribution >= 4 is 0 Å². The maximum Gasteiger partial charge on any atom is 0.109 e. The first kappa shape index (κ1) is 10.9. The van der Waals surface area contributed by atoms with Gasteiger partial charge in [-0.15, -0.1) is 0 Å². The van der Waals surface area contributed by atoms with Crippen LogP contribution >= 0.6 is 0 Å². The van der Waals surface area contributed by atoms with Gasteiger partial charge in [0.2, 0.25) is 0 Å². The Kier molecular flexibility index (Phi) is 4.12. The summed E-state index contributed by atoms with van der Waals surface area (Å²) in [6.07, 6.45) is -1.25. The minimum atomic E-state index is -0.813. The van der Waals surface area contributed by atoms with Gasteiger partial charge in [0, 0.05) is 6.61 Å². The summed E-state index contributed by atoms with van der Waals surface area (Å²) in [5, 5.41) is 18.8. The van der Waals surface area contributed by atoms with E-state index in [1.807, 2.05) is 13.8 Å². The molecular formula is C9H18O4. The van der Waals surface area contributed by atoms with Crippen LogP contribution < -0.4 is 0 Å². The molecule has 1 aliphatic heterocycles. The Bertz CT molecular complexity index is 149. The number of aliphatic hydroxyl groups is 2. The van der Waals surface area contributed by atoms with Crippen LogP contribution in [-0.4, -0.2) is 47.8 Å². The van der Waals surface area contributed by atoms with E-state index in [1.165, 1.54) is 0 Å². The van der Waals surface area contributed by atoms with Crippen LogP contribution in [-0.2, 0) is 9.47 Å². The summed E-state index contributed by atoms with van der Waals surface area (Å²) in [5.41, 5.74) is 0. The normalized spacial score (nSPS) is 35.3. The topological polar surface area (TPSA) is 58.9 Å². The van der Waals surface area contributed by atoms with Crippen LogP contribution in [0.1, 0.15) is 20.3 Å². The van der Waals surface area contributed by atoms with Crippen LogP contribution in [0, 0.1) is 0 Å². The molecule has 1 fully saturated rings. The molecule has 1 aliphatic rings. The largest absolute Gasteiger partial charge is 0.390 e. The molecule has 1 heterocycles. The lowest BCUT2D eigenvalue weighted by molar-refractivity contribution is -0.159. The summed E-state index contributed by atoms with van der Waals surface area (Å²) < 4.78 is 10.6. The van der Waals surface area contributed by atoms with E-state index in [9.17, 15) is 10.2 Å². The molecule has 13 heavy (non-hydrogen) atoms. The third-order valence-corrected chi connectivity index (χ3v) is 2.11. The molecule has 1 rings (SSSR count). The molecule has 0 bridgehead atoms. The van der Waals surface area contributed by atoms with E-state index in [2.05, 4.69) is 0 Å². The molecule has 0 radical (unpaired) electrons. The number of hydrogen-bond acceptors (Lipinski definition) is 4. The fraction of sp³-hybridized carbons (Fsp3) is 1.00. The Hall–Kier alpha value is -0.160. The lowest BCUT2D eigenvalue weighted by atomic mass is 10.0. The Morgan fingerprint density at radius 3 is 2.77 bits per heavy atom. The average Bonchev–Trinajstić information content (AvgIpc) is 2.07. The number of hydrogen-bond donors (Lipinski definition) is 2. The molecule has 0 aromatic carbocycles. The van der Waals surface area contributed by atoms with E-state index in [4.69, 9.17) is 9.47 Å². The van der Waals surface area contributed by atoms with E-state index < -0.39 is 12.2 Å². The van der Waals surface area contributed by atoms with E-state index in [1.54, 1.807) is 0 Å². The Labute approximate surface area is 78.5 Å². The molecule has 0 aromatic heterocycles. The van der Waals surface area contributed by atoms with Crippen LogP contribution in [0.3, 0.4) is 0 Å². The van der Waals surface area contributed by atoms with Gasteiger partial charge in [-0.25, -0.2) is 0 Å². The second kappa shape index (κ2) is 4.91. The van der Waals surface area contributed by atoms with Crippen LogP contribution in [0.5, 0.6) is 0 Å². The molecule has 0 aliphatic carbocycles. The van der Waals surface area contributed by atoms with Crippen molar-refractivity contribution in [1.29, 1.82) is 0 Å². The molecule has 4 heteroatoms. The van der Waals surface area contributed by atoms with Gasteiger partial charge in [-0.2, -0.15) is 0 Å². The van der Waals surface area contributed by atoms with E-state index in [0.29, 0.717) is 19.6 Å². The van der Waals surface area contributed by atoms with Crippen LogP contribution in [0.25, 0.3) is 0 Å². The molecule has 0 saturated carbocycles. The molecule has 0 amide bonds. The fourth-order valence-corrected chi connectivity index (χ4v) is 1.29. The summed E-state index contributed by atoms with van der Waals surface area (Å²) in [6.45, 7) is 4.68. The molecule has 0 aromatic rings. The van der Waals surface area contributed by atoms with Crippen molar-refractivity contribution in [2.45, 2.75) is 44.7 Å². The fourth-order valence-electron chi connectivity index (χ4n) is 1.29. The van der Waals surface area contributed by atoms with Gasteiger partial charge in [-0.3, -0.25) is 0 Å². The van der Waals surface area contributed by atoms with Crippen molar-refractivity contribution in [1.82, 2.24) is 0 Å². The van der Waals surface area contributed by atoms with E-state index in [-0.39, 0.29) is 12.2 Å². The van der Waals surface area contributed by atoms with Crippen molar-refractivity contribution in [3.8, 4) is 0 Å². The summed E-state index contributed by atoms with van der Waals surface area (Å²) in [7, 11) is 0. The molecule has 2 N–H and O–H groups in total. The number of rotatable bonds is 3. The third-order valence-electron chi connectivity index (χ3n) is 2.11. The number of ether oxygens (including phenoxy) is 2. The summed E-state index contributed by atoms with van der Waals surface area (Å²) in [4.78, 5) is 0. The first-order valence-electron chi connectivity index (χ1n) is 4.70. The zero-order chi connectivity index (χ0) is 9.84. The highest BCUT2D eigenvalue weighted by Gasteiger charge is 2.31. The smallest absolute Gasteiger partial charge is 0.109 e. The standard InChI is InChI=1S/C9H18O4/c1-6(2)13-5-8-9(11)7(10)3-4-12-8/h6-11H,3-5H2,1-2H3. The molecule has 3 atom stereocenters. The van der Waals surface area contributed by atoms with Crippen molar-refractivity contribution in [3.63, 3.8) is 0 Å². The Balaban J connectivity index is 2.31. The van der Waals surface area contributed by atoms with Gasteiger partial charge in [0.05, 0.1) is 18.8 Å². The zero-order valence-corrected chi connectivity index (χ0v) is 8.14. The molecular weight excluding hydrogens is 172 g/mol. The summed E-state index contributed by atoms with van der Waals surface area (Å²) >= 11 is 0. The second-order valence-electron chi connectivity index (χ2n) is 3.64. The second-order valence-corrected chi connectivity index (χ2v) is 3.64. The lowest BCUT2D eigenvalue weighted by Gasteiger charge is -2.32. The van der Waals surface area contributed by atoms with Crippen molar-refractivity contribution in [3.05, 3.63) is 0 Å². The number of aliphatic hydroxyl groups excluding tert-OH is 2. The maximum atomic E-state index is 9.50. The minimum Gasteiger partial charge on any atom is -0.390 e. The molecule has 3 unspecified atom stereocenters. The lowest BCUT2D eigenvalue weighted by Crippen LogP contribution is -2.47. The first-order chi connectivity index (χ1) is 6.11. The van der Waals surface area contributed by atoms with Gasteiger partial charge in [0.1, 0.15) is 12.2 Å². The quantitative estimate of drug-likeness (QED) is 0.653. The van der Waals surface area contributed by atoms with Gasteiger partial charge < -0.3 is 19.7 Å². The average molecular weight is 190 g/mol. The van der Waals surface area contributed by atoms with Gasteiger partial charge in [0.25, 0.3) is 0 Å². The van der Waals surface area contributed by atoms with Crippen LogP contribution in [0.15, 0.2) is 0 Å². The predicted octanol–water partition coefficient (Wildman–Crippen LogP) is -0.0779. The summed E-state index contributed by atoms with van der Waals surface area (Å²) in [6, 6.07) is 0. The van der Waals surface area contributed by atoms with E-state index >= 15 is 0 Å². The molecule has 1 saturated heterocycles. The highest BCUT2D eigenvalue weighted by Crippen LogP contribution is 2.15. The molecule has 78 valence electrons. The van der Waals surface area contributed by atoms with Crippen molar-refractivity contribution in [2.75, 3.05) is 13.2 Å². The van der Waals surface area contributed by atoms with Gasteiger partial charge in [-0.05, 0) is 20.3 Å². The monoisotopic (exact) mass is 190 g/mol. The Morgan fingerprint density at radius 1 is 1.46 bits per heavy atom. The van der Waals surface area contributed by atoms with Crippen molar-refractivity contribution < 1.29 is 19.7 Å². The Morgan fingerprint density at radius 2 is 2.15 bits per heavy atom. The molecule has 4 nitrogen and oxygen atoms in total. The minimum absolute atomic E-state index is 0.120. The van der Waals surface area contributed by atoms with Crippen molar-refractivity contribution in [2.24, 2.45) is 0 Å². The van der Waals surface area contributed by atoms with E-state index in [0.717, 1.165) is 0 Å². The highest BCUT2D eigenvalue weighted by atomic mass is 16.5. The predicted molar refractivity (Wildman–Crippen MR) is 47.5 cm³/mol. The zero-order valence-electron chi connectivity index (χ0n) is 8.14. The third kappa shape index (κ3) is 3.23. The molecule has 0 spiro atoms. The van der Waals surface area contributed by atoms with Gasteiger partial charge >= 0.3 is 0 Å². The van der Waals surface area contributed by atoms with Crippen LogP contribution in [0.2, 0.25) is 0 Å². The first-order valence-corrected chi connectivity index (χ1v) is 4.70. The van der Waals surface area contributed by atoms with Gasteiger partial charge in [0.15, 0.2) is 0 Å². The maximum absolute atomic E-state index is 9.50.